The van der Waals surface area contributed by atoms with Gasteiger partial charge in [-0.25, -0.2) is 8.42 Å². The smallest absolute Gasteiger partial charge is 0.243 e. The Kier molecular flexibility index (Phi) is 6.71. The molecule has 172 valence electrons. The number of nitrogens with one attached hydrogen (secondary N) is 1. The van der Waals surface area contributed by atoms with Crippen LogP contribution in [0.4, 0.5) is 0 Å². The molecule has 1 aliphatic carbocycles. The Bertz CT molecular complexity index is 1060. The molecule has 0 saturated carbocycles. The van der Waals surface area contributed by atoms with Crippen molar-refractivity contribution in [3.8, 4) is 11.5 Å². The van der Waals surface area contributed by atoms with Crippen LogP contribution in [0.25, 0.3) is 0 Å². The molecule has 0 aromatic heterocycles. The molecule has 2 aromatic rings. The number of rotatable bonds is 6. The van der Waals surface area contributed by atoms with Gasteiger partial charge in [0, 0.05) is 19.0 Å². The minimum absolute atomic E-state index is 0.00165. The third kappa shape index (κ3) is 4.61. The number of sulfonamides is 1. The molecule has 2 aliphatic rings. The van der Waals surface area contributed by atoms with Gasteiger partial charge in [-0.1, -0.05) is 6.07 Å². The van der Waals surface area contributed by atoms with E-state index >= 15 is 0 Å². The molecule has 1 heterocycles. The number of nitrogens with zero attached hydrogens (tertiary/aromatic N) is 1. The fourth-order valence-corrected chi connectivity index (χ4v) is 6.08. The average Bonchev–Trinajstić information content (AvgIpc) is 2.84. The third-order valence-corrected chi connectivity index (χ3v) is 8.42. The highest BCUT2D eigenvalue weighted by Crippen LogP contribution is 2.33. The van der Waals surface area contributed by atoms with Crippen LogP contribution in [0.2, 0.25) is 0 Å². The van der Waals surface area contributed by atoms with Gasteiger partial charge in [0.15, 0.2) is 0 Å². The summed E-state index contributed by atoms with van der Waals surface area (Å²) in [6.45, 7) is 0.676. The Morgan fingerprint density at radius 3 is 2.28 bits per heavy atom. The van der Waals surface area contributed by atoms with E-state index in [1.165, 1.54) is 9.87 Å². The molecule has 2 aromatic carbocycles. The largest absolute Gasteiger partial charge is 0.497 e. The average molecular weight is 459 g/mol. The van der Waals surface area contributed by atoms with Crippen LogP contribution in [-0.4, -0.2) is 45.9 Å². The lowest BCUT2D eigenvalue weighted by Gasteiger charge is -2.33. The van der Waals surface area contributed by atoms with E-state index in [-0.39, 0.29) is 22.8 Å². The Balaban J connectivity index is 1.37. The second kappa shape index (κ2) is 9.50. The van der Waals surface area contributed by atoms with Crippen LogP contribution in [0.1, 0.15) is 42.9 Å². The van der Waals surface area contributed by atoms with Gasteiger partial charge in [-0.15, -0.1) is 0 Å². The van der Waals surface area contributed by atoms with Crippen LogP contribution in [0.5, 0.6) is 11.5 Å². The maximum absolute atomic E-state index is 13.0. The highest BCUT2D eigenvalue weighted by atomic mass is 32.2. The SMILES string of the molecule is COc1ccc(S(=O)(=O)N2CCC(C(=O)N[C@H]3CCCc4cc(OC)ccc43)CC2)cc1. The highest BCUT2D eigenvalue weighted by molar-refractivity contribution is 7.89. The summed E-state index contributed by atoms with van der Waals surface area (Å²) in [6, 6.07) is 12.4. The van der Waals surface area contributed by atoms with Crippen molar-refractivity contribution >= 4 is 15.9 Å². The summed E-state index contributed by atoms with van der Waals surface area (Å²) in [5.41, 5.74) is 2.38. The second-order valence-corrected chi connectivity index (χ2v) is 10.3. The van der Waals surface area contributed by atoms with E-state index in [4.69, 9.17) is 9.47 Å². The molecule has 0 bridgehead atoms. The number of amides is 1. The normalized spacial score (nSPS) is 19.8. The van der Waals surface area contributed by atoms with Crippen molar-refractivity contribution in [3.05, 3.63) is 53.6 Å². The summed E-state index contributed by atoms with van der Waals surface area (Å²) < 4.78 is 37.8. The Morgan fingerprint density at radius 2 is 1.62 bits per heavy atom. The van der Waals surface area contributed by atoms with Gasteiger partial charge in [0.2, 0.25) is 15.9 Å². The van der Waals surface area contributed by atoms with Gasteiger partial charge in [-0.3, -0.25) is 4.79 Å². The molecule has 0 unspecified atom stereocenters. The zero-order valence-corrected chi connectivity index (χ0v) is 19.4. The summed E-state index contributed by atoms with van der Waals surface area (Å²) in [5, 5.41) is 3.22. The first kappa shape index (κ1) is 22.6. The first-order chi connectivity index (χ1) is 15.4. The van der Waals surface area contributed by atoms with Crippen molar-refractivity contribution < 1.29 is 22.7 Å². The topological polar surface area (TPSA) is 84.9 Å². The number of hydrogen-bond acceptors (Lipinski definition) is 5. The summed E-state index contributed by atoms with van der Waals surface area (Å²) in [6.07, 6.45) is 3.95. The highest BCUT2D eigenvalue weighted by Gasteiger charge is 2.33. The Morgan fingerprint density at radius 1 is 0.969 bits per heavy atom. The van der Waals surface area contributed by atoms with E-state index in [0.29, 0.717) is 31.7 Å². The maximum atomic E-state index is 13.0. The molecule has 1 atom stereocenters. The first-order valence-corrected chi connectivity index (χ1v) is 12.5. The molecule has 1 N–H and O–H groups in total. The lowest BCUT2D eigenvalue weighted by atomic mass is 9.86. The van der Waals surface area contributed by atoms with Crippen molar-refractivity contribution in [3.63, 3.8) is 0 Å². The molecular formula is C24H30N2O5S. The number of ether oxygens (including phenoxy) is 2. The van der Waals surface area contributed by atoms with Crippen LogP contribution in [0, 0.1) is 5.92 Å². The quantitative estimate of drug-likeness (QED) is 0.718. The minimum atomic E-state index is -3.58. The minimum Gasteiger partial charge on any atom is -0.497 e. The van der Waals surface area contributed by atoms with Crippen molar-refractivity contribution in [1.29, 1.82) is 0 Å². The molecule has 4 rings (SSSR count). The predicted molar refractivity (Wildman–Crippen MR) is 121 cm³/mol. The van der Waals surface area contributed by atoms with Crippen LogP contribution in [0.3, 0.4) is 0 Å². The van der Waals surface area contributed by atoms with E-state index in [0.717, 1.165) is 30.6 Å². The van der Waals surface area contributed by atoms with Crippen molar-refractivity contribution in [2.75, 3.05) is 27.3 Å². The third-order valence-electron chi connectivity index (χ3n) is 6.50. The fourth-order valence-electron chi connectivity index (χ4n) is 4.61. The zero-order chi connectivity index (χ0) is 22.7. The number of carbonyl (C=O) groups is 1. The van der Waals surface area contributed by atoms with E-state index in [1.54, 1.807) is 38.5 Å². The number of piperidine rings is 1. The van der Waals surface area contributed by atoms with Crippen LogP contribution in [0.15, 0.2) is 47.4 Å². The van der Waals surface area contributed by atoms with Crippen molar-refractivity contribution in [2.24, 2.45) is 5.92 Å². The van der Waals surface area contributed by atoms with E-state index in [2.05, 4.69) is 11.4 Å². The standard InChI is InChI=1S/C24H30N2O5S/c1-30-19-6-9-21(10-7-19)32(28,29)26-14-12-17(13-15-26)24(27)25-23-5-3-4-18-16-20(31-2)8-11-22(18)23/h6-11,16-17,23H,3-5,12-15H2,1-2H3,(H,25,27)/t23-/m0/s1. The number of carbonyl (C=O) groups excluding carboxylic acids is 1. The lowest BCUT2D eigenvalue weighted by Crippen LogP contribution is -2.44. The van der Waals surface area contributed by atoms with E-state index < -0.39 is 10.0 Å². The number of methoxy groups -OCH3 is 2. The van der Waals surface area contributed by atoms with Gasteiger partial charge >= 0.3 is 0 Å². The molecule has 1 amide bonds. The molecule has 1 saturated heterocycles. The number of hydrogen-bond donors (Lipinski definition) is 1. The number of fused-ring (bicyclic) bond motifs is 1. The van der Waals surface area contributed by atoms with Gasteiger partial charge in [-0.2, -0.15) is 4.31 Å². The Labute approximate surface area is 189 Å². The molecule has 1 fully saturated rings. The molecule has 8 heteroatoms. The van der Waals surface area contributed by atoms with Crippen molar-refractivity contribution in [2.45, 2.75) is 43.0 Å². The molecule has 1 aliphatic heterocycles. The summed E-state index contributed by atoms with van der Waals surface area (Å²) in [5.74, 6) is 1.28. The van der Waals surface area contributed by atoms with Crippen LogP contribution >= 0.6 is 0 Å². The van der Waals surface area contributed by atoms with Gasteiger partial charge in [0.05, 0.1) is 25.2 Å². The molecule has 7 nitrogen and oxygen atoms in total. The monoisotopic (exact) mass is 458 g/mol. The van der Waals surface area contributed by atoms with Crippen LogP contribution < -0.4 is 14.8 Å². The number of benzene rings is 2. The predicted octanol–water partition coefficient (Wildman–Crippen LogP) is 3.30. The summed E-state index contributed by atoms with van der Waals surface area (Å²) in [7, 11) is -0.374. The van der Waals surface area contributed by atoms with Crippen molar-refractivity contribution in [1.82, 2.24) is 9.62 Å². The Hall–Kier alpha value is -2.58. The summed E-state index contributed by atoms with van der Waals surface area (Å²) in [4.78, 5) is 13.2. The molecular weight excluding hydrogens is 428 g/mol. The van der Waals surface area contributed by atoms with E-state index in [9.17, 15) is 13.2 Å². The number of aryl methyl sites for hydroxylation is 1. The zero-order valence-electron chi connectivity index (χ0n) is 18.5. The summed E-state index contributed by atoms with van der Waals surface area (Å²) >= 11 is 0. The second-order valence-electron chi connectivity index (χ2n) is 8.37. The van der Waals surface area contributed by atoms with Gasteiger partial charge < -0.3 is 14.8 Å². The fraction of sp³-hybridized carbons (Fsp3) is 0.458. The molecule has 0 radical (unpaired) electrons. The van der Waals surface area contributed by atoms with Gasteiger partial charge in [-0.05, 0) is 79.6 Å². The van der Waals surface area contributed by atoms with E-state index in [1.807, 2.05) is 12.1 Å². The maximum Gasteiger partial charge on any atom is 0.243 e. The molecule has 32 heavy (non-hydrogen) atoms. The lowest BCUT2D eigenvalue weighted by molar-refractivity contribution is -0.127. The van der Waals surface area contributed by atoms with Gasteiger partial charge in [0.25, 0.3) is 0 Å². The van der Waals surface area contributed by atoms with Crippen LogP contribution in [-0.2, 0) is 21.2 Å². The molecule has 0 spiro atoms. The first-order valence-electron chi connectivity index (χ1n) is 11.0. The van der Waals surface area contributed by atoms with Gasteiger partial charge in [0.1, 0.15) is 11.5 Å².